The number of aromatic nitrogens is 4. The molecule has 2 aliphatic rings. The molecule has 0 aliphatic carbocycles. The Morgan fingerprint density at radius 2 is 1.54 bits per heavy atom. The van der Waals surface area contributed by atoms with Gasteiger partial charge in [0.1, 0.15) is 0 Å². The van der Waals surface area contributed by atoms with Crippen LogP contribution >= 0.6 is 22.9 Å². The fraction of sp³-hybridized carbons (Fsp3) is 0.444. The first-order valence-corrected chi connectivity index (χ1v) is 11.0. The van der Waals surface area contributed by atoms with Gasteiger partial charge in [0.25, 0.3) is 11.8 Å². The number of thiophene rings is 1. The largest absolute Gasteiger partial charge is 0.337 e. The highest BCUT2D eigenvalue weighted by molar-refractivity contribution is 7.25. The summed E-state index contributed by atoms with van der Waals surface area (Å²) in [6.45, 7) is 3.07. The van der Waals surface area contributed by atoms with Crippen molar-refractivity contribution in [2.24, 2.45) is 0 Å². The lowest BCUT2D eigenvalue weighted by Crippen LogP contribution is -2.28. The van der Waals surface area contributed by atoms with Crippen LogP contribution in [0.25, 0.3) is 19.8 Å². The van der Waals surface area contributed by atoms with Gasteiger partial charge < -0.3 is 9.80 Å². The van der Waals surface area contributed by atoms with Gasteiger partial charge in [-0.05, 0) is 43.3 Å². The van der Waals surface area contributed by atoms with E-state index in [9.17, 15) is 9.59 Å². The Bertz CT molecular complexity index is 1050. The number of fused-ring (bicyclic) bond motifs is 1. The monoisotopic (exact) mass is 414 g/mol. The Labute approximate surface area is 169 Å². The van der Waals surface area contributed by atoms with Gasteiger partial charge in [0.15, 0.2) is 11.4 Å². The average molecular weight is 415 g/mol. The van der Waals surface area contributed by atoms with E-state index in [4.69, 9.17) is 0 Å². The lowest BCUT2D eigenvalue weighted by atomic mass is 10.2. The van der Waals surface area contributed by atoms with Crippen LogP contribution in [-0.4, -0.2) is 67.6 Å². The third-order valence-corrected chi connectivity index (χ3v) is 7.30. The number of hydrogen-bond acceptors (Lipinski definition) is 8. The van der Waals surface area contributed by atoms with Gasteiger partial charge >= 0.3 is 0 Å². The molecule has 0 atom stereocenters. The predicted molar refractivity (Wildman–Crippen MR) is 107 cm³/mol. The minimum Gasteiger partial charge on any atom is -0.337 e. The summed E-state index contributed by atoms with van der Waals surface area (Å²) in [4.78, 5) is 31.0. The molecule has 3 aromatic rings. The maximum atomic E-state index is 12.9. The van der Waals surface area contributed by atoms with Crippen molar-refractivity contribution in [1.82, 2.24) is 29.6 Å². The number of carbonyl (C=O) groups excluding carboxylic acids is 2. The second-order valence-electron chi connectivity index (χ2n) is 7.04. The van der Waals surface area contributed by atoms with Crippen LogP contribution in [0.1, 0.15) is 46.7 Å². The van der Waals surface area contributed by atoms with Crippen LogP contribution in [0, 0.1) is 0 Å². The standard InChI is InChI=1S/C18H18N6O2S2/c25-17(23-5-1-2-6-23)13-15-11(10-19-20-13)9-12(27-15)16-14(21-22-28-16)18(26)24-7-3-4-8-24/h9-10H,1-8H2. The van der Waals surface area contributed by atoms with Gasteiger partial charge in [-0.1, -0.05) is 4.49 Å². The van der Waals surface area contributed by atoms with Crippen molar-refractivity contribution in [2.75, 3.05) is 26.2 Å². The maximum absolute atomic E-state index is 12.9. The molecular formula is C18H18N6O2S2. The summed E-state index contributed by atoms with van der Waals surface area (Å²) in [6.07, 6.45) is 5.77. The van der Waals surface area contributed by atoms with Crippen molar-refractivity contribution in [1.29, 1.82) is 0 Å². The van der Waals surface area contributed by atoms with Crippen LogP contribution in [0.2, 0.25) is 0 Å². The topological polar surface area (TPSA) is 92.2 Å². The van der Waals surface area contributed by atoms with Crippen LogP contribution in [0.5, 0.6) is 0 Å². The van der Waals surface area contributed by atoms with Crippen molar-refractivity contribution >= 4 is 44.8 Å². The number of amides is 2. The molecular weight excluding hydrogens is 396 g/mol. The molecule has 144 valence electrons. The molecule has 0 radical (unpaired) electrons. The molecule has 2 amide bonds. The molecule has 0 spiro atoms. The first-order chi connectivity index (χ1) is 13.7. The van der Waals surface area contributed by atoms with E-state index in [0.717, 1.165) is 71.7 Å². The fourth-order valence-corrected chi connectivity index (χ4v) is 5.62. The Kier molecular flexibility index (Phi) is 4.52. The molecule has 5 rings (SSSR count). The van der Waals surface area contributed by atoms with E-state index < -0.39 is 0 Å². The van der Waals surface area contributed by atoms with Gasteiger partial charge in [-0.2, -0.15) is 5.10 Å². The number of likely N-dealkylation sites (tertiary alicyclic amines) is 2. The number of nitrogens with zero attached hydrogens (tertiary/aromatic N) is 6. The number of carbonyl (C=O) groups is 2. The normalized spacial score (nSPS) is 17.0. The summed E-state index contributed by atoms with van der Waals surface area (Å²) >= 11 is 2.66. The zero-order valence-corrected chi connectivity index (χ0v) is 16.8. The summed E-state index contributed by atoms with van der Waals surface area (Å²) in [5.74, 6) is -0.136. The van der Waals surface area contributed by atoms with E-state index in [2.05, 4.69) is 19.8 Å². The average Bonchev–Trinajstić information content (AvgIpc) is 3.50. The Morgan fingerprint density at radius 1 is 0.893 bits per heavy atom. The maximum Gasteiger partial charge on any atom is 0.276 e. The zero-order valence-electron chi connectivity index (χ0n) is 15.1. The quantitative estimate of drug-likeness (QED) is 0.654. The van der Waals surface area contributed by atoms with Gasteiger partial charge in [-0.3, -0.25) is 9.59 Å². The molecule has 2 saturated heterocycles. The highest BCUT2D eigenvalue weighted by Gasteiger charge is 2.28. The smallest absolute Gasteiger partial charge is 0.276 e. The van der Waals surface area contributed by atoms with Gasteiger partial charge in [0, 0.05) is 36.4 Å². The fourth-order valence-electron chi connectivity index (χ4n) is 3.76. The first kappa shape index (κ1) is 17.6. The molecule has 0 bridgehead atoms. The van der Waals surface area contributed by atoms with E-state index in [-0.39, 0.29) is 11.8 Å². The van der Waals surface area contributed by atoms with Crippen molar-refractivity contribution < 1.29 is 9.59 Å². The first-order valence-electron chi connectivity index (χ1n) is 9.39. The summed E-state index contributed by atoms with van der Waals surface area (Å²) in [5.41, 5.74) is 0.785. The number of hydrogen-bond donors (Lipinski definition) is 0. The second-order valence-corrected chi connectivity index (χ2v) is 8.84. The van der Waals surface area contributed by atoms with Crippen molar-refractivity contribution in [3.05, 3.63) is 23.7 Å². The van der Waals surface area contributed by atoms with Crippen LogP contribution in [0.3, 0.4) is 0 Å². The van der Waals surface area contributed by atoms with Crippen LogP contribution in [0.15, 0.2) is 12.3 Å². The molecule has 3 aromatic heterocycles. The van der Waals surface area contributed by atoms with E-state index in [1.807, 2.05) is 15.9 Å². The summed E-state index contributed by atoms with van der Waals surface area (Å²) < 4.78 is 4.83. The van der Waals surface area contributed by atoms with Gasteiger partial charge in [0.05, 0.1) is 15.8 Å². The van der Waals surface area contributed by atoms with Crippen molar-refractivity contribution in [3.8, 4) is 9.75 Å². The summed E-state index contributed by atoms with van der Waals surface area (Å²) in [5, 5.41) is 13.1. The molecule has 0 N–H and O–H groups in total. The van der Waals surface area contributed by atoms with Gasteiger partial charge in [0.2, 0.25) is 0 Å². The third-order valence-electron chi connectivity index (χ3n) is 5.23. The lowest BCUT2D eigenvalue weighted by molar-refractivity contribution is 0.0780. The van der Waals surface area contributed by atoms with E-state index >= 15 is 0 Å². The third kappa shape index (κ3) is 2.96. The van der Waals surface area contributed by atoms with Gasteiger partial charge in [-0.25, -0.2) is 0 Å². The summed E-state index contributed by atoms with van der Waals surface area (Å²) in [7, 11) is 0. The van der Waals surface area contributed by atoms with E-state index in [1.54, 1.807) is 6.20 Å². The van der Waals surface area contributed by atoms with Crippen LogP contribution in [0.4, 0.5) is 0 Å². The Balaban J connectivity index is 1.53. The molecule has 8 nitrogen and oxygen atoms in total. The molecule has 28 heavy (non-hydrogen) atoms. The van der Waals surface area contributed by atoms with E-state index in [0.29, 0.717) is 11.4 Å². The molecule has 2 aliphatic heterocycles. The molecule has 5 heterocycles. The minimum atomic E-state index is -0.0696. The second kappa shape index (κ2) is 7.17. The molecule has 0 unspecified atom stereocenters. The SMILES string of the molecule is O=C(c1nnsc1-c1cc2cnnc(C(=O)N3CCCC3)c2s1)N1CCCC1. The Morgan fingerprint density at radius 3 is 2.21 bits per heavy atom. The molecule has 0 aromatic carbocycles. The minimum absolute atomic E-state index is 0.0664. The van der Waals surface area contributed by atoms with Crippen molar-refractivity contribution in [3.63, 3.8) is 0 Å². The van der Waals surface area contributed by atoms with Gasteiger partial charge in [-0.15, -0.1) is 21.5 Å². The van der Waals surface area contributed by atoms with E-state index in [1.165, 1.54) is 22.9 Å². The zero-order chi connectivity index (χ0) is 19.1. The van der Waals surface area contributed by atoms with Crippen LogP contribution < -0.4 is 0 Å². The predicted octanol–water partition coefficient (Wildman–Crippen LogP) is 2.68. The van der Waals surface area contributed by atoms with Crippen LogP contribution in [-0.2, 0) is 0 Å². The summed E-state index contributed by atoms with van der Waals surface area (Å²) in [6, 6.07) is 1.95. The molecule has 10 heteroatoms. The highest BCUT2D eigenvalue weighted by atomic mass is 32.1. The number of rotatable bonds is 3. The molecule has 0 saturated carbocycles. The molecule has 2 fully saturated rings. The highest BCUT2D eigenvalue weighted by Crippen LogP contribution is 2.38. The van der Waals surface area contributed by atoms with Crippen molar-refractivity contribution in [2.45, 2.75) is 25.7 Å². The lowest BCUT2D eigenvalue weighted by Gasteiger charge is -2.14. The Hall–Kier alpha value is -2.46.